The van der Waals surface area contributed by atoms with Crippen LogP contribution in [0, 0.1) is 6.92 Å². The van der Waals surface area contributed by atoms with E-state index >= 15 is 0 Å². The van der Waals surface area contributed by atoms with Gasteiger partial charge in [-0.05, 0) is 26.8 Å². The van der Waals surface area contributed by atoms with E-state index in [1.165, 1.54) is 22.7 Å². The van der Waals surface area contributed by atoms with E-state index in [-0.39, 0.29) is 0 Å². The minimum Gasteiger partial charge on any atom is -0.326 e. The summed E-state index contributed by atoms with van der Waals surface area (Å²) in [6.07, 6.45) is 1.67. The third kappa shape index (κ3) is 3.09. The first-order valence-electron chi connectivity index (χ1n) is 5.99. The van der Waals surface area contributed by atoms with Crippen molar-refractivity contribution in [3.63, 3.8) is 0 Å². The molecule has 3 N–H and O–H groups in total. The molecule has 0 saturated heterocycles. The Morgan fingerprint density at radius 2 is 2.15 bits per heavy atom. The smallest absolute Gasteiger partial charge is 0.242 e. The largest absolute Gasteiger partial charge is 0.326 e. The van der Waals surface area contributed by atoms with Gasteiger partial charge in [-0.3, -0.25) is 0 Å². The topological polar surface area (TPSA) is 85.1 Å². The molecule has 0 saturated carbocycles. The van der Waals surface area contributed by atoms with E-state index in [9.17, 15) is 8.42 Å². The van der Waals surface area contributed by atoms with Crippen LogP contribution in [0.1, 0.15) is 28.6 Å². The third-order valence-electron chi connectivity index (χ3n) is 2.77. The molecule has 0 aliphatic rings. The molecule has 0 spiro atoms. The van der Waals surface area contributed by atoms with Gasteiger partial charge < -0.3 is 5.73 Å². The molecule has 0 unspecified atom stereocenters. The average Bonchev–Trinajstić information content (AvgIpc) is 2.95. The van der Waals surface area contributed by atoms with Gasteiger partial charge in [0.15, 0.2) is 0 Å². The fraction of sp³-hybridized carbons (Fsp3) is 0.417. The number of hydrogen-bond donors (Lipinski definition) is 2. The van der Waals surface area contributed by atoms with Gasteiger partial charge in [-0.15, -0.1) is 22.7 Å². The van der Waals surface area contributed by atoms with E-state index in [0.717, 1.165) is 14.8 Å². The summed E-state index contributed by atoms with van der Waals surface area (Å²) in [7, 11) is -3.59. The summed E-state index contributed by atoms with van der Waals surface area (Å²) in [6.45, 7) is 5.73. The maximum atomic E-state index is 12.5. The molecule has 0 aromatic carbocycles. The highest BCUT2D eigenvalue weighted by atomic mass is 32.2. The van der Waals surface area contributed by atoms with Crippen molar-refractivity contribution in [2.24, 2.45) is 5.73 Å². The van der Waals surface area contributed by atoms with Crippen LogP contribution in [0.3, 0.4) is 0 Å². The van der Waals surface area contributed by atoms with E-state index in [0.29, 0.717) is 11.4 Å². The Labute approximate surface area is 126 Å². The maximum absolute atomic E-state index is 12.5. The van der Waals surface area contributed by atoms with Gasteiger partial charge in [0.1, 0.15) is 5.01 Å². The third-order valence-corrected chi connectivity index (χ3v) is 6.85. The molecule has 0 atom stereocenters. The number of aromatic nitrogens is 1. The first kappa shape index (κ1) is 15.6. The quantitative estimate of drug-likeness (QED) is 0.879. The normalized spacial score (nSPS) is 12.8. The van der Waals surface area contributed by atoms with Gasteiger partial charge in [-0.2, -0.15) is 4.72 Å². The first-order chi connectivity index (χ1) is 9.26. The molecule has 2 aromatic heterocycles. The Morgan fingerprint density at radius 1 is 1.45 bits per heavy atom. The molecule has 110 valence electrons. The molecular weight excluding hydrogens is 314 g/mol. The van der Waals surface area contributed by atoms with Crippen molar-refractivity contribution in [3.8, 4) is 0 Å². The molecule has 20 heavy (non-hydrogen) atoms. The van der Waals surface area contributed by atoms with E-state index < -0.39 is 15.6 Å². The minimum atomic E-state index is -3.59. The molecule has 2 aromatic rings. The zero-order valence-electron chi connectivity index (χ0n) is 11.5. The number of nitrogens with two attached hydrogens (primary N) is 1. The van der Waals surface area contributed by atoms with Crippen molar-refractivity contribution in [1.29, 1.82) is 0 Å². The summed E-state index contributed by atoms with van der Waals surface area (Å²) in [5.41, 5.74) is 4.82. The number of aryl methyl sites for hydroxylation is 1. The number of sulfonamides is 1. The molecular formula is C12H17N3O2S3. The van der Waals surface area contributed by atoms with E-state index in [1.807, 2.05) is 5.38 Å². The lowest BCUT2D eigenvalue weighted by molar-refractivity contribution is 0.470. The van der Waals surface area contributed by atoms with Crippen LogP contribution in [-0.4, -0.2) is 13.4 Å². The summed E-state index contributed by atoms with van der Waals surface area (Å²) < 4.78 is 27.8. The zero-order chi connectivity index (χ0) is 15.0. The second kappa shape index (κ2) is 5.53. The van der Waals surface area contributed by atoms with Gasteiger partial charge in [0, 0.05) is 27.9 Å². The highest BCUT2D eigenvalue weighted by molar-refractivity contribution is 7.89. The van der Waals surface area contributed by atoms with Gasteiger partial charge in [-0.1, -0.05) is 0 Å². The van der Waals surface area contributed by atoms with Gasteiger partial charge >= 0.3 is 0 Å². The van der Waals surface area contributed by atoms with Crippen LogP contribution >= 0.6 is 22.7 Å². The number of thiazole rings is 1. The number of nitrogens with one attached hydrogen (secondary N) is 1. The van der Waals surface area contributed by atoms with Crippen LogP contribution in [0.2, 0.25) is 0 Å². The van der Waals surface area contributed by atoms with Crippen molar-refractivity contribution in [3.05, 3.63) is 32.4 Å². The molecule has 2 heterocycles. The average molecular weight is 331 g/mol. The van der Waals surface area contributed by atoms with Crippen LogP contribution in [0.15, 0.2) is 22.5 Å². The van der Waals surface area contributed by atoms with Crippen molar-refractivity contribution in [2.45, 2.75) is 37.8 Å². The Balaban J connectivity index is 2.34. The van der Waals surface area contributed by atoms with Crippen molar-refractivity contribution < 1.29 is 8.42 Å². The molecule has 0 aliphatic carbocycles. The van der Waals surface area contributed by atoms with Crippen LogP contribution in [0.5, 0.6) is 0 Å². The lowest BCUT2D eigenvalue weighted by Crippen LogP contribution is -2.40. The van der Waals surface area contributed by atoms with E-state index in [4.69, 9.17) is 5.73 Å². The van der Waals surface area contributed by atoms with Crippen molar-refractivity contribution >= 4 is 32.7 Å². The van der Waals surface area contributed by atoms with E-state index in [2.05, 4.69) is 9.71 Å². The predicted molar refractivity (Wildman–Crippen MR) is 82.4 cm³/mol. The van der Waals surface area contributed by atoms with Crippen LogP contribution in [0.4, 0.5) is 0 Å². The van der Waals surface area contributed by atoms with Gasteiger partial charge in [0.25, 0.3) is 0 Å². The number of rotatable bonds is 5. The SMILES string of the molecule is Cc1sc(CN)cc1S(=O)(=O)NC(C)(C)c1nccs1. The minimum absolute atomic E-state index is 0.299. The standard InChI is InChI=1S/C12H17N3O2S3/c1-8-10(6-9(7-13)19-8)20(16,17)15-12(2,3)11-14-4-5-18-11/h4-6,15H,7,13H2,1-3H3. The van der Waals surface area contributed by atoms with E-state index in [1.54, 1.807) is 33.0 Å². The van der Waals surface area contributed by atoms with Gasteiger partial charge in [0.05, 0.1) is 10.4 Å². The molecule has 0 aliphatic heterocycles. The zero-order valence-corrected chi connectivity index (χ0v) is 14.0. The number of hydrogen-bond acceptors (Lipinski definition) is 6. The first-order valence-corrected chi connectivity index (χ1v) is 9.17. The Morgan fingerprint density at radius 3 is 2.65 bits per heavy atom. The fourth-order valence-electron chi connectivity index (χ4n) is 1.86. The van der Waals surface area contributed by atoms with Crippen molar-refractivity contribution in [1.82, 2.24) is 9.71 Å². The summed E-state index contributed by atoms with van der Waals surface area (Å²) in [5.74, 6) is 0. The predicted octanol–water partition coefficient (Wildman–Crippen LogP) is 2.19. The van der Waals surface area contributed by atoms with Crippen molar-refractivity contribution in [2.75, 3.05) is 0 Å². The molecule has 5 nitrogen and oxygen atoms in total. The summed E-state index contributed by atoms with van der Waals surface area (Å²) in [5, 5.41) is 2.56. The van der Waals surface area contributed by atoms with Gasteiger partial charge in [-0.25, -0.2) is 13.4 Å². The lowest BCUT2D eigenvalue weighted by Gasteiger charge is -2.23. The second-order valence-electron chi connectivity index (χ2n) is 4.91. The van der Waals surface area contributed by atoms with Crippen LogP contribution in [0.25, 0.3) is 0 Å². The highest BCUT2D eigenvalue weighted by Gasteiger charge is 2.31. The Bertz CT molecular complexity index is 688. The van der Waals surface area contributed by atoms with Gasteiger partial charge in [0.2, 0.25) is 10.0 Å². The monoisotopic (exact) mass is 331 g/mol. The summed E-state index contributed by atoms with van der Waals surface area (Å²) >= 11 is 2.83. The molecule has 0 amide bonds. The summed E-state index contributed by atoms with van der Waals surface area (Å²) in [6, 6.07) is 1.64. The number of thiophene rings is 1. The summed E-state index contributed by atoms with van der Waals surface area (Å²) in [4.78, 5) is 6.08. The number of nitrogens with zero attached hydrogens (tertiary/aromatic N) is 1. The molecule has 8 heteroatoms. The second-order valence-corrected chi connectivity index (χ2v) is 8.79. The van der Waals surface area contributed by atoms with Crippen LogP contribution < -0.4 is 10.5 Å². The Kier molecular flexibility index (Phi) is 4.31. The fourth-order valence-corrected chi connectivity index (χ4v) is 5.54. The lowest BCUT2D eigenvalue weighted by atomic mass is 10.1. The molecule has 0 bridgehead atoms. The van der Waals surface area contributed by atoms with Crippen LogP contribution in [-0.2, 0) is 22.1 Å². The highest BCUT2D eigenvalue weighted by Crippen LogP contribution is 2.29. The molecule has 2 rings (SSSR count). The maximum Gasteiger partial charge on any atom is 0.242 e. The Hall–Kier alpha value is -0.800. The molecule has 0 fully saturated rings. The molecule has 0 radical (unpaired) electrons.